The number of hydrogen-bond donors (Lipinski definition) is 1. The highest BCUT2D eigenvalue weighted by Gasteiger charge is 2.16. The molecule has 0 aliphatic carbocycles. The Balaban J connectivity index is 2.42. The van der Waals surface area contributed by atoms with Crippen molar-refractivity contribution < 1.29 is 8.42 Å². The van der Waals surface area contributed by atoms with E-state index in [1.165, 1.54) is 30.5 Å². The molecule has 0 spiro atoms. The lowest BCUT2D eigenvalue weighted by molar-refractivity contribution is 0.601. The third kappa shape index (κ3) is 3.28. The van der Waals surface area contributed by atoms with Gasteiger partial charge >= 0.3 is 0 Å². The van der Waals surface area contributed by atoms with E-state index in [9.17, 15) is 8.42 Å². The molecule has 0 unspecified atom stereocenters. The monoisotopic (exact) mass is 371 g/mol. The Bertz CT molecular complexity index is 803. The Labute approximate surface area is 129 Å². The van der Waals surface area contributed by atoms with Gasteiger partial charge in [0.1, 0.15) is 11.2 Å². The van der Waals surface area contributed by atoms with E-state index >= 15 is 0 Å². The van der Waals surface area contributed by atoms with Gasteiger partial charge in [0.2, 0.25) is 0 Å². The molecule has 2 aromatic rings. The van der Waals surface area contributed by atoms with Gasteiger partial charge in [0.05, 0.1) is 16.1 Å². The van der Waals surface area contributed by atoms with Gasteiger partial charge in [-0.1, -0.05) is 27.5 Å². The smallest absolute Gasteiger partial charge is 0.262 e. The summed E-state index contributed by atoms with van der Waals surface area (Å²) in [5.74, 6) is 0. The van der Waals surface area contributed by atoms with E-state index in [1.54, 1.807) is 6.07 Å². The maximum atomic E-state index is 12.2. The number of pyridine rings is 1. The number of benzene rings is 1. The van der Waals surface area contributed by atoms with Crippen molar-refractivity contribution in [1.82, 2.24) is 4.98 Å². The van der Waals surface area contributed by atoms with Gasteiger partial charge in [-0.15, -0.1) is 0 Å². The highest BCUT2D eigenvalue weighted by Crippen LogP contribution is 2.23. The molecule has 102 valence electrons. The minimum absolute atomic E-state index is 0.0238. The van der Waals surface area contributed by atoms with Gasteiger partial charge in [0, 0.05) is 10.7 Å². The third-order valence-corrected chi connectivity index (χ3v) is 4.42. The fourth-order valence-corrected chi connectivity index (χ4v) is 3.15. The van der Waals surface area contributed by atoms with Crippen LogP contribution < -0.4 is 4.72 Å². The summed E-state index contributed by atoms with van der Waals surface area (Å²) in [6.07, 6.45) is 1.30. The normalized spacial score (nSPS) is 10.8. The molecule has 0 fully saturated rings. The summed E-state index contributed by atoms with van der Waals surface area (Å²) in [7, 11) is -3.82. The van der Waals surface area contributed by atoms with Crippen molar-refractivity contribution in [2.45, 2.75) is 4.90 Å². The van der Waals surface area contributed by atoms with Gasteiger partial charge in [-0.3, -0.25) is 4.72 Å². The number of aromatic nitrogens is 1. The van der Waals surface area contributed by atoms with E-state index in [0.29, 0.717) is 4.47 Å². The minimum atomic E-state index is -3.82. The number of anilines is 1. The fraction of sp³-hybridized carbons (Fsp3) is 0. The minimum Gasteiger partial charge on any atom is -0.278 e. The summed E-state index contributed by atoms with van der Waals surface area (Å²) in [5, 5.41) is 9.09. The Morgan fingerprint density at radius 2 is 2.05 bits per heavy atom. The van der Waals surface area contributed by atoms with Crippen LogP contribution in [-0.4, -0.2) is 13.4 Å². The zero-order valence-electron chi connectivity index (χ0n) is 9.84. The first kappa shape index (κ1) is 14.8. The van der Waals surface area contributed by atoms with E-state index < -0.39 is 10.0 Å². The average molecular weight is 373 g/mol. The Morgan fingerprint density at radius 1 is 1.30 bits per heavy atom. The van der Waals surface area contributed by atoms with Crippen molar-refractivity contribution >= 4 is 43.2 Å². The van der Waals surface area contributed by atoms with E-state index in [4.69, 9.17) is 16.9 Å². The Kier molecular flexibility index (Phi) is 4.28. The van der Waals surface area contributed by atoms with Crippen molar-refractivity contribution in [3.05, 3.63) is 51.7 Å². The predicted molar refractivity (Wildman–Crippen MR) is 78.9 cm³/mol. The number of rotatable bonds is 3. The summed E-state index contributed by atoms with van der Waals surface area (Å²) < 4.78 is 27.4. The van der Waals surface area contributed by atoms with Crippen molar-refractivity contribution in [3.8, 4) is 6.07 Å². The number of hydrogen-bond acceptors (Lipinski definition) is 4. The molecular formula is C12H7BrClN3O2S. The molecular weight excluding hydrogens is 366 g/mol. The van der Waals surface area contributed by atoms with E-state index in [0.717, 1.165) is 0 Å². The maximum absolute atomic E-state index is 12.2. The molecule has 0 saturated heterocycles. The summed E-state index contributed by atoms with van der Waals surface area (Å²) >= 11 is 8.89. The molecule has 1 N–H and O–H groups in total. The topological polar surface area (TPSA) is 82.9 Å². The Hall–Kier alpha value is -1.62. The number of nitrogens with one attached hydrogen (secondary N) is 1. The molecule has 0 aliphatic heterocycles. The SMILES string of the molecule is N#Cc1cc(Br)ccc1NS(=O)(=O)c1ccnc(Cl)c1. The Morgan fingerprint density at radius 3 is 2.70 bits per heavy atom. The van der Waals surface area contributed by atoms with Crippen LogP contribution in [0.25, 0.3) is 0 Å². The third-order valence-electron chi connectivity index (χ3n) is 2.35. The van der Waals surface area contributed by atoms with Crippen LogP contribution in [0.4, 0.5) is 5.69 Å². The van der Waals surface area contributed by atoms with Gasteiger partial charge < -0.3 is 0 Å². The number of halogens is 2. The van der Waals surface area contributed by atoms with E-state index in [1.807, 2.05) is 6.07 Å². The summed E-state index contributed by atoms with van der Waals surface area (Å²) in [6, 6.07) is 9.14. The summed E-state index contributed by atoms with van der Waals surface area (Å²) in [4.78, 5) is 3.70. The van der Waals surface area contributed by atoms with Crippen molar-refractivity contribution in [2.75, 3.05) is 4.72 Å². The van der Waals surface area contributed by atoms with Gasteiger partial charge in [-0.05, 0) is 30.3 Å². The lowest BCUT2D eigenvalue weighted by Gasteiger charge is -2.09. The molecule has 0 aliphatic rings. The second-order valence-corrected chi connectivity index (χ2v) is 6.71. The van der Waals surface area contributed by atoms with Crippen LogP contribution in [0.5, 0.6) is 0 Å². The summed E-state index contributed by atoms with van der Waals surface area (Å²) in [6.45, 7) is 0. The van der Waals surface area contributed by atoms with Crippen LogP contribution in [0.2, 0.25) is 5.15 Å². The zero-order chi connectivity index (χ0) is 14.8. The predicted octanol–water partition coefficient (Wildman–Crippen LogP) is 3.17. The quantitative estimate of drug-likeness (QED) is 0.839. The second kappa shape index (κ2) is 5.79. The molecule has 8 heteroatoms. The molecule has 2 rings (SSSR count). The highest BCUT2D eigenvalue weighted by atomic mass is 79.9. The molecule has 20 heavy (non-hydrogen) atoms. The molecule has 1 heterocycles. The molecule has 5 nitrogen and oxygen atoms in total. The molecule has 0 atom stereocenters. The summed E-state index contributed by atoms with van der Waals surface area (Å²) in [5.41, 5.74) is 0.409. The highest BCUT2D eigenvalue weighted by molar-refractivity contribution is 9.10. The van der Waals surface area contributed by atoms with Gasteiger partial charge in [0.15, 0.2) is 0 Å². The van der Waals surface area contributed by atoms with Crippen LogP contribution in [0.1, 0.15) is 5.56 Å². The molecule has 1 aromatic heterocycles. The fourth-order valence-electron chi connectivity index (χ4n) is 1.45. The van der Waals surface area contributed by atoms with Gasteiger partial charge in [-0.2, -0.15) is 5.26 Å². The van der Waals surface area contributed by atoms with Crippen LogP contribution in [0.15, 0.2) is 45.9 Å². The molecule has 0 radical (unpaired) electrons. The molecule has 0 amide bonds. The van der Waals surface area contributed by atoms with Gasteiger partial charge in [-0.25, -0.2) is 13.4 Å². The first-order valence-corrected chi connectivity index (χ1v) is 7.92. The average Bonchev–Trinajstić information content (AvgIpc) is 2.40. The standard InChI is InChI=1S/C12H7BrClN3O2S/c13-9-1-2-11(8(5-9)7-15)17-20(18,19)10-3-4-16-12(14)6-10/h1-6,17H. The molecule has 0 bridgehead atoms. The number of sulfonamides is 1. The lowest BCUT2D eigenvalue weighted by atomic mass is 10.2. The van der Waals surface area contributed by atoms with Crippen LogP contribution in [0, 0.1) is 11.3 Å². The number of nitriles is 1. The lowest BCUT2D eigenvalue weighted by Crippen LogP contribution is -2.14. The van der Waals surface area contributed by atoms with Crippen molar-refractivity contribution in [2.24, 2.45) is 0 Å². The largest absolute Gasteiger partial charge is 0.278 e. The van der Waals surface area contributed by atoms with E-state index in [2.05, 4.69) is 25.6 Å². The first-order valence-electron chi connectivity index (χ1n) is 5.26. The van der Waals surface area contributed by atoms with Crippen LogP contribution in [-0.2, 0) is 10.0 Å². The second-order valence-electron chi connectivity index (χ2n) is 3.72. The van der Waals surface area contributed by atoms with Crippen molar-refractivity contribution in [1.29, 1.82) is 5.26 Å². The maximum Gasteiger partial charge on any atom is 0.262 e. The van der Waals surface area contributed by atoms with Gasteiger partial charge in [0.25, 0.3) is 10.0 Å². The van der Waals surface area contributed by atoms with Crippen LogP contribution in [0.3, 0.4) is 0 Å². The zero-order valence-corrected chi connectivity index (χ0v) is 13.0. The first-order chi connectivity index (χ1) is 9.42. The van der Waals surface area contributed by atoms with E-state index in [-0.39, 0.29) is 21.3 Å². The number of nitrogens with zero attached hydrogens (tertiary/aromatic N) is 2. The molecule has 0 saturated carbocycles. The molecule has 1 aromatic carbocycles. The van der Waals surface area contributed by atoms with Crippen molar-refractivity contribution in [3.63, 3.8) is 0 Å². The van der Waals surface area contributed by atoms with Crippen LogP contribution >= 0.6 is 27.5 Å².